The van der Waals surface area contributed by atoms with Gasteiger partial charge in [0.1, 0.15) is 0 Å². The van der Waals surface area contributed by atoms with Crippen LogP contribution >= 0.6 is 0 Å². The summed E-state index contributed by atoms with van der Waals surface area (Å²) in [5.41, 5.74) is 0.454. The van der Waals surface area contributed by atoms with Crippen LogP contribution in [0.4, 0.5) is 0 Å². The van der Waals surface area contributed by atoms with Gasteiger partial charge in [-0.3, -0.25) is 9.80 Å². The van der Waals surface area contributed by atoms with Gasteiger partial charge in [0.2, 0.25) is 0 Å². The second-order valence-corrected chi connectivity index (χ2v) is 6.82. The third-order valence-corrected chi connectivity index (χ3v) is 3.98. The zero-order valence-corrected chi connectivity index (χ0v) is 11.1. The predicted molar refractivity (Wildman–Crippen MR) is 65.9 cm³/mol. The van der Waals surface area contributed by atoms with Gasteiger partial charge in [0.05, 0.1) is 0 Å². The van der Waals surface area contributed by atoms with Crippen molar-refractivity contribution in [1.82, 2.24) is 9.80 Å². The molecule has 3 heteroatoms. The van der Waals surface area contributed by atoms with E-state index in [0.29, 0.717) is 11.5 Å². The van der Waals surface area contributed by atoms with Crippen molar-refractivity contribution < 1.29 is 5.11 Å². The van der Waals surface area contributed by atoms with E-state index in [2.05, 4.69) is 25.7 Å². The maximum Gasteiger partial charge on any atom is 0.165 e. The van der Waals surface area contributed by atoms with Gasteiger partial charge in [-0.1, -0.05) is 20.8 Å². The lowest BCUT2D eigenvalue weighted by Crippen LogP contribution is -2.49. The fourth-order valence-corrected chi connectivity index (χ4v) is 3.13. The summed E-state index contributed by atoms with van der Waals surface area (Å²) < 4.78 is 0. The Morgan fingerprint density at radius 2 is 1.81 bits per heavy atom. The number of likely N-dealkylation sites (N-methyl/N-ethyl adjacent to an activating group) is 1. The molecule has 2 fully saturated rings. The lowest BCUT2D eigenvalue weighted by molar-refractivity contribution is -0.0916. The zero-order chi connectivity index (χ0) is 11.9. The number of hydrogen-bond acceptors (Lipinski definition) is 3. The fraction of sp³-hybridized carbons (Fsp3) is 1.00. The van der Waals surface area contributed by atoms with Gasteiger partial charge >= 0.3 is 0 Å². The highest BCUT2D eigenvalue weighted by molar-refractivity contribution is 4.91. The normalized spacial score (nSPS) is 37.7. The van der Waals surface area contributed by atoms with Crippen LogP contribution in [0.5, 0.6) is 0 Å². The second-order valence-electron chi connectivity index (χ2n) is 6.82. The van der Waals surface area contributed by atoms with Gasteiger partial charge in [-0.05, 0) is 37.6 Å². The van der Waals surface area contributed by atoms with Crippen LogP contribution in [0.15, 0.2) is 0 Å². The highest BCUT2D eigenvalue weighted by Gasteiger charge is 2.40. The molecule has 0 radical (unpaired) electrons. The lowest BCUT2D eigenvalue weighted by Gasteiger charge is -2.44. The van der Waals surface area contributed by atoms with Crippen molar-refractivity contribution in [1.29, 1.82) is 0 Å². The molecule has 1 aliphatic carbocycles. The summed E-state index contributed by atoms with van der Waals surface area (Å²) in [6.07, 6.45) is 3.55. The molecule has 1 saturated carbocycles. The first kappa shape index (κ1) is 12.3. The molecule has 0 aromatic carbocycles. The van der Waals surface area contributed by atoms with Crippen LogP contribution in [0.2, 0.25) is 0 Å². The molecule has 1 atom stereocenters. The quantitative estimate of drug-likeness (QED) is 0.777. The van der Waals surface area contributed by atoms with E-state index in [0.717, 1.165) is 19.0 Å². The van der Waals surface area contributed by atoms with Crippen molar-refractivity contribution in [2.24, 2.45) is 11.3 Å². The molecule has 1 N–H and O–H groups in total. The Morgan fingerprint density at radius 3 is 2.25 bits per heavy atom. The van der Waals surface area contributed by atoms with Gasteiger partial charge in [0, 0.05) is 19.1 Å². The third kappa shape index (κ3) is 2.58. The maximum absolute atomic E-state index is 9.96. The minimum Gasteiger partial charge on any atom is -0.365 e. The molecule has 0 amide bonds. The third-order valence-electron chi connectivity index (χ3n) is 3.98. The molecule has 0 bridgehead atoms. The molecule has 0 spiro atoms. The van der Waals surface area contributed by atoms with Crippen LogP contribution in [0.1, 0.15) is 40.0 Å². The van der Waals surface area contributed by atoms with Gasteiger partial charge in [-0.15, -0.1) is 0 Å². The summed E-state index contributed by atoms with van der Waals surface area (Å²) in [4.78, 5) is 4.29. The van der Waals surface area contributed by atoms with Crippen molar-refractivity contribution >= 4 is 0 Å². The molecule has 1 heterocycles. The Kier molecular flexibility index (Phi) is 3.30. The van der Waals surface area contributed by atoms with E-state index < -0.39 is 0 Å². The molecular formula is C13H26N2O. The molecule has 1 aliphatic heterocycles. The Balaban J connectivity index is 1.76. The van der Waals surface area contributed by atoms with Gasteiger partial charge < -0.3 is 5.11 Å². The number of hydrogen-bond donors (Lipinski definition) is 1. The second kappa shape index (κ2) is 4.28. The van der Waals surface area contributed by atoms with Gasteiger partial charge in [-0.25, -0.2) is 0 Å². The molecule has 2 aliphatic rings. The summed E-state index contributed by atoms with van der Waals surface area (Å²) in [6.45, 7) is 8.99. The van der Waals surface area contributed by atoms with Crippen LogP contribution in [0.3, 0.4) is 0 Å². The van der Waals surface area contributed by atoms with Gasteiger partial charge in [-0.2, -0.15) is 0 Å². The minimum atomic E-state index is -0.333. The Morgan fingerprint density at radius 1 is 1.19 bits per heavy atom. The number of aliphatic hydroxyl groups excluding tert-OH is 1. The van der Waals surface area contributed by atoms with E-state index in [4.69, 9.17) is 0 Å². The van der Waals surface area contributed by atoms with Crippen molar-refractivity contribution in [2.75, 3.05) is 20.1 Å². The van der Waals surface area contributed by atoms with Crippen molar-refractivity contribution in [2.45, 2.75) is 52.4 Å². The average molecular weight is 226 g/mol. The largest absolute Gasteiger partial charge is 0.365 e. The topological polar surface area (TPSA) is 26.7 Å². The van der Waals surface area contributed by atoms with Gasteiger partial charge in [0.15, 0.2) is 6.35 Å². The van der Waals surface area contributed by atoms with E-state index >= 15 is 0 Å². The summed E-state index contributed by atoms with van der Waals surface area (Å²) in [5, 5.41) is 9.96. The van der Waals surface area contributed by atoms with Crippen molar-refractivity contribution in [3.8, 4) is 0 Å². The smallest absolute Gasteiger partial charge is 0.165 e. The van der Waals surface area contributed by atoms with Crippen LogP contribution in [-0.4, -0.2) is 47.4 Å². The summed E-state index contributed by atoms with van der Waals surface area (Å²) in [6, 6.07) is 0.632. The summed E-state index contributed by atoms with van der Waals surface area (Å²) >= 11 is 0. The number of nitrogens with zero attached hydrogens (tertiary/aromatic N) is 2. The molecular weight excluding hydrogens is 200 g/mol. The first-order valence-electron chi connectivity index (χ1n) is 6.51. The molecule has 16 heavy (non-hydrogen) atoms. The van der Waals surface area contributed by atoms with Crippen molar-refractivity contribution in [3.05, 3.63) is 0 Å². The van der Waals surface area contributed by atoms with E-state index in [9.17, 15) is 5.11 Å². The first-order chi connectivity index (χ1) is 7.37. The standard InChI is InChI=1S/C13H26N2O/c1-13(2,3)9-10-7-11(8-10)15-6-5-14(4)12(15)16/h10-12,16H,5-9H2,1-4H3/t10-,11+,12?. The lowest BCUT2D eigenvalue weighted by atomic mass is 9.71. The van der Waals surface area contributed by atoms with E-state index in [-0.39, 0.29) is 6.35 Å². The van der Waals surface area contributed by atoms with E-state index in [1.54, 1.807) is 0 Å². The Labute approximate surface area is 99.4 Å². The first-order valence-corrected chi connectivity index (χ1v) is 6.51. The molecule has 0 aromatic heterocycles. The summed E-state index contributed by atoms with van der Waals surface area (Å²) in [5.74, 6) is 0.878. The van der Waals surface area contributed by atoms with Crippen molar-refractivity contribution in [3.63, 3.8) is 0 Å². The molecule has 1 saturated heterocycles. The van der Waals surface area contributed by atoms with Gasteiger partial charge in [0.25, 0.3) is 0 Å². The monoisotopic (exact) mass is 226 g/mol. The Bertz CT molecular complexity index is 243. The molecule has 2 rings (SSSR count). The molecule has 94 valence electrons. The number of aliphatic hydroxyl groups is 1. The number of rotatable bonds is 2. The van der Waals surface area contributed by atoms with Crippen LogP contribution in [0.25, 0.3) is 0 Å². The molecule has 1 unspecified atom stereocenters. The zero-order valence-electron chi connectivity index (χ0n) is 11.1. The van der Waals surface area contributed by atoms with Crippen LogP contribution in [0, 0.1) is 11.3 Å². The van der Waals surface area contributed by atoms with E-state index in [1.165, 1.54) is 19.3 Å². The Hall–Kier alpha value is -0.120. The highest BCUT2D eigenvalue weighted by atomic mass is 16.3. The fourth-order valence-electron chi connectivity index (χ4n) is 3.13. The SMILES string of the molecule is CN1CCN([C@H]2C[C@@H](CC(C)(C)C)C2)C1O. The average Bonchev–Trinajstić information content (AvgIpc) is 2.39. The maximum atomic E-state index is 9.96. The highest BCUT2D eigenvalue weighted by Crippen LogP contribution is 2.40. The molecule has 3 nitrogen and oxygen atoms in total. The van der Waals surface area contributed by atoms with Crippen LogP contribution in [-0.2, 0) is 0 Å². The van der Waals surface area contributed by atoms with E-state index in [1.807, 2.05) is 11.9 Å². The predicted octanol–water partition coefficient (Wildman–Crippen LogP) is 1.72. The molecule has 0 aromatic rings. The van der Waals surface area contributed by atoms with Crippen LogP contribution < -0.4 is 0 Å². The minimum absolute atomic E-state index is 0.333. The summed E-state index contributed by atoms with van der Waals surface area (Å²) in [7, 11) is 2.00.